The third kappa shape index (κ3) is 4.10. The van der Waals surface area contributed by atoms with E-state index in [4.69, 9.17) is 23.2 Å². The lowest BCUT2D eigenvalue weighted by Gasteiger charge is -2.11. The summed E-state index contributed by atoms with van der Waals surface area (Å²) < 4.78 is 3.71. The Morgan fingerprint density at radius 3 is 2.52 bits per heavy atom. The Morgan fingerprint density at radius 1 is 1.03 bits per heavy atom. The van der Waals surface area contributed by atoms with Gasteiger partial charge in [0.15, 0.2) is 16.8 Å². The van der Waals surface area contributed by atoms with E-state index in [1.54, 1.807) is 12.1 Å². The first kappa shape index (κ1) is 19.8. The fraction of sp³-hybridized carbons (Fsp3) is 0.0952. The number of benzene rings is 2. The Labute approximate surface area is 182 Å². The molecule has 2 aromatic heterocycles. The molecule has 0 saturated carbocycles. The third-order valence-electron chi connectivity index (χ3n) is 4.38. The van der Waals surface area contributed by atoms with Gasteiger partial charge in [0, 0.05) is 29.5 Å². The predicted molar refractivity (Wildman–Crippen MR) is 117 cm³/mol. The highest BCUT2D eigenvalue weighted by Crippen LogP contribution is 2.33. The number of halogens is 2. The number of ketones is 1. The molecule has 146 valence electrons. The normalized spacial score (nSPS) is 11.0. The van der Waals surface area contributed by atoms with E-state index in [-0.39, 0.29) is 11.5 Å². The molecule has 8 heteroatoms. The molecule has 0 amide bonds. The Bertz CT molecular complexity index is 1170. The topological polar surface area (TPSA) is 52.7 Å². The van der Waals surface area contributed by atoms with Crippen molar-refractivity contribution in [2.24, 2.45) is 7.05 Å². The molecule has 4 aromatic rings. The molecule has 0 radical (unpaired) electrons. The van der Waals surface area contributed by atoms with Crippen LogP contribution in [0.5, 0.6) is 0 Å². The quantitative estimate of drug-likeness (QED) is 0.290. The Morgan fingerprint density at radius 2 is 1.83 bits per heavy atom. The molecule has 4 rings (SSSR count). The fourth-order valence-corrected chi connectivity index (χ4v) is 4.29. The second-order valence-electron chi connectivity index (χ2n) is 6.32. The van der Waals surface area contributed by atoms with Crippen LogP contribution in [0.3, 0.4) is 0 Å². The average Bonchev–Trinajstić information content (AvgIpc) is 3.33. The monoisotopic (exact) mass is 442 g/mol. The molecule has 0 atom stereocenters. The highest BCUT2D eigenvalue weighted by atomic mass is 35.5. The van der Waals surface area contributed by atoms with Crippen LogP contribution in [-0.2, 0) is 7.05 Å². The van der Waals surface area contributed by atoms with Gasteiger partial charge < -0.3 is 4.57 Å². The summed E-state index contributed by atoms with van der Waals surface area (Å²) >= 11 is 13.8. The minimum Gasteiger partial charge on any atom is -0.348 e. The molecule has 0 N–H and O–H groups in total. The molecule has 0 aliphatic rings. The number of carbonyl (C=O) groups excluding carboxylic acids is 1. The van der Waals surface area contributed by atoms with Crippen LogP contribution >= 0.6 is 35.0 Å². The number of rotatable bonds is 6. The number of thioether (sulfide) groups is 1. The van der Waals surface area contributed by atoms with Gasteiger partial charge in [-0.25, -0.2) is 0 Å². The predicted octanol–water partition coefficient (Wildman–Crippen LogP) is 5.55. The summed E-state index contributed by atoms with van der Waals surface area (Å²) in [5, 5.41) is 10.3. The van der Waals surface area contributed by atoms with Gasteiger partial charge in [0.2, 0.25) is 0 Å². The van der Waals surface area contributed by atoms with E-state index >= 15 is 0 Å². The Hall–Kier alpha value is -2.54. The summed E-state index contributed by atoms with van der Waals surface area (Å²) in [5.74, 6) is 0.861. The number of hydrogen-bond acceptors (Lipinski definition) is 4. The van der Waals surface area contributed by atoms with Gasteiger partial charge in [-0.3, -0.25) is 9.36 Å². The van der Waals surface area contributed by atoms with Crippen LogP contribution in [0.4, 0.5) is 0 Å². The molecule has 5 nitrogen and oxygen atoms in total. The molecule has 0 fully saturated rings. The molecule has 0 aliphatic heterocycles. The summed E-state index contributed by atoms with van der Waals surface area (Å²) in [6.45, 7) is 0. The SMILES string of the molecule is Cn1cccc1C(=O)CSc1nnc(-c2ccc(Cl)cc2Cl)n1-c1ccccc1. The molecule has 0 aliphatic carbocycles. The van der Waals surface area contributed by atoms with E-state index < -0.39 is 0 Å². The van der Waals surface area contributed by atoms with Gasteiger partial charge >= 0.3 is 0 Å². The van der Waals surface area contributed by atoms with Crippen molar-refractivity contribution < 1.29 is 4.79 Å². The number of aromatic nitrogens is 4. The van der Waals surface area contributed by atoms with Crippen LogP contribution in [-0.4, -0.2) is 30.9 Å². The number of carbonyl (C=O) groups is 1. The first-order valence-corrected chi connectivity index (χ1v) is 10.5. The molecular formula is C21H16Cl2N4OS. The van der Waals surface area contributed by atoms with Crippen LogP contribution in [0, 0.1) is 0 Å². The van der Waals surface area contributed by atoms with E-state index in [9.17, 15) is 4.79 Å². The highest BCUT2D eigenvalue weighted by Gasteiger charge is 2.20. The second kappa shape index (κ2) is 8.45. The number of hydrogen-bond donors (Lipinski definition) is 0. The smallest absolute Gasteiger partial charge is 0.196 e. The molecule has 0 bridgehead atoms. The highest BCUT2D eigenvalue weighted by molar-refractivity contribution is 7.99. The van der Waals surface area contributed by atoms with Crippen LogP contribution in [0.1, 0.15) is 10.5 Å². The molecule has 29 heavy (non-hydrogen) atoms. The molecule has 0 spiro atoms. The first-order chi connectivity index (χ1) is 14.0. The second-order valence-corrected chi connectivity index (χ2v) is 8.10. The lowest BCUT2D eigenvalue weighted by molar-refractivity contribution is 0.101. The van der Waals surface area contributed by atoms with Crippen LogP contribution < -0.4 is 0 Å². The number of aryl methyl sites for hydroxylation is 1. The van der Waals surface area contributed by atoms with E-state index in [2.05, 4.69) is 10.2 Å². The van der Waals surface area contributed by atoms with E-state index in [1.165, 1.54) is 11.8 Å². The van der Waals surface area contributed by atoms with Crippen LogP contribution in [0.2, 0.25) is 10.0 Å². The summed E-state index contributed by atoms with van der Waals surface area (Å²) in [7, 11) is 1.85. The van der Waals surface area contributed by atoms with Crippen molar-refractivity contribution in [3.8, 4) is 17.1 Å². The maximum atomic E-state index is 12.6. The minimum absolute atomic E-state index is 0.0242. The zero-order chi connectivity index (χ0) is 20.4. The van der Waals surface area contributed by atoms with Gasteiger partial charge in [-0.2, -0.15) is 0 Å². The van der Waals surface area contributed by atoms with Gasteiger partial charge in [0.25, 0.3) is 0 Å². The minimum atomic E-state index is 0.0242. The Kier molecular flexibility index (Phi) is 5.76. The molecular weight excluding hydrogens is 427 g/mol. The summed E-state index contributed by atoms with van der Waals surface area (Å²) in [5.41, 5.74) is 2.25. The van der Waals surface area contributed by atoms with Crippen molar-refractivity contribution in [3.05, 3.63) is 82.6 Å². The van der Waals surface area contributed by atoms with Crippen molar-refractivity contribution in [1.82, 2.24) is 19.3 Å². The van der Waals surface area contributed by atoms with Crippen molar-refractivity contribution in [2.75, 3.05) is 5.75 Å². The van der Waals surface area contributed by atoms with Gasteiger partial charge in [-0.15, -0.1) is 10.2 Å². The van der Waals surface area contributed by atoms with Gasteiger partial charge in [0.05, 0.1) is 16.5 Å². The Balaban J connectivity index is 1.72. The summed E-state index contributed by atoms with van der Waals surface area (Å²) in [6, 6.07) is 18.6. The van der Waals surface area contributed by atoms with E-state index in [1.807, 2.05) is 70.9 Å². The van der Waals surface area contributed by atoms with Crippen LogP contribution in [0.25, 0.3) is 17.1 Å². The standard InChI is InChI=1S/C21H16Cl2N4OS/c1-26-11-5-8-18(26)19(28)13-29-21-25-24-20(16-10-9-14(22)12-17(16)23)27(21)15-6-3-2-4-7-15/h2-12H,13H2,1H3. The number of Topliss-reactive ketones (excluding diaryl/α,β-unsaturated/α-hetero) is 1. The molecule has 0 unspecified atom stereocenters. The zero-order valence-electron chi connectivity index (χ0n) is 15.4. The van der Waals surface area contributed by atoms with Crippen LogP contribution in [0.15, 0.2) is 72.0 Å². The maximum Gasteiger partial charge on any atom is 0.196 e. The molecule has 2 aromatic carbocycles. The van der Waals surface area contributed by atoms with Crippen molar-refractivity contribution in [1.29, 1.82) is 0 Å². The lowest BCUT2D eigenvalue weighted by atomic mass is 10.2. The average molecular weight is 443 g/mol. The van der Waals surface area contributed by atoms with Crippen molar-refractivity contribution >= 4 is 40.7 Å². The lowest BCUT2D eigenvalue weighted by Crippen LogP contribution is -2.08. The van der Waals surface area contributed by atoms with Gasteiger partial charge in [0.1, 0.15) is 0 Å². The number of para-hydroxylation sites is 1. The summed E-state index contributed by atoms with van der Waals surface area (Å²) in [6.07, 6.45) is 1.85. The van der Waals surface area contributed by atoms with Gasteiger partial charge in [-0.1, -0.05) is 53.2 Å². The largest absolute Gasteiger partial charge is 0.348 e. The van der Waals surface area contributed by atoms with E-state index in [0.717, 1.165) is 5.69 Å². The zero-order valence-corrected chi connectivity index (χ0v) is 17.7. The van der Waals surface area contributed by atoms with Crippen molar-refractivity contribution in [3.63, 3.8) is 0 Å². The molecule has 2 heterocycles. The first-order valence-electron chi connectivity index (χ1n) is 8.78. The summed E-state index contributed by atoms with van der Waals surface area (Å²) in [4.78, 5) is 12.6. The third-order valence-corrected chi connectivity index (χ3v) is 5.86. The van der Waals surface area contributed by atoms with Crippen molar-refractivity contribution in [2.45, 2.75) is 5.16 Å². The van der Waals surface area contributed by atoms with E-state index in [0.29, 0.717) is 32.3 Å². The van der Waals surface area contributed by atoms with Gasteiger partial charge in [-0.05, 0) is 42.5 Å². The maximum absolute atomic E-state index is 12.6. The molecule has 0 saturated heterocycles. The number of nitrogens with zero attached hydrogens (tertiary/aromatic N) is 4. The fourth-order valence-electron chi connectivity index (χ4n) is 2.97.